The van der Waals surface area contributed by atoms with E-state index in [1.807, 2.05) is 0 Å². The molecule has 2 rings (SSSR count). The van der Waals surface area contributed by atoms with Gasteiger partial charge in [0.05, 0.1) is 25.5 Å². The lowest BCUT2D eigenvalue weighted by molar-refractivity contribution is -0.139. The zero-order valence-electron chi connectivity index (χ0n) is 14.3. The Morgan fingerprint density at radius 1 is 1.08 bits per heavy atom. The van der Waals surface area contributed by atoms with Crippen molar-refractivity contribution in [3.05, 3.63) is 64.8 Å². The number of carbonyl (C=O) groups is 3. The topological polar surface area (TPSA) is 93.1 Å². The molecule has 1 aliphatic rings. The molecular formula is C18H16FNO6. The fourth-order valence-electron chi connectivity index (χ4n) is 2.48. The van der Waals surface area contributed by atoms with Crippen molar-refractivity contribution in [3.63, 3.8) is 0 Å². The van der Waals surface area contributed by atoms with E-state index in [0.717, 1.165) is 25.2 Å². The van der Waals surface area contributed by atoms with Crippen LogP contribution in [0.1, 0.15) is 15.9 Å². The van der Waals surface area contributed by atoms with Crippen LogP contribution < -0.4 is 4.90 Å². The third-order valence-electron chi connectivity index (χ3n) is 3.58. The number of anilines is 1. The first kappa shape index (κ1) is 18.9. The largest absolute Gasteiger partial charge is 0.478 e. The minimum Gasteiger partial charge on any atom is -0.478 e. The summed E-state index contributed by atoms with van der Waals surface area (Å²) in [6.45, 7) is 1.57. The predicted octanol–water partition coefficient (Wildman–Crippen LogP) is 2.32. The highest BCUT2D eigenvalue weighted by atomic mass is 19.1. The minimum atomic E-state index is -1.52. The van der Waals surface area contributed by atoms with Gasteiger partial charge in [0.2, 0.25) is 0 Å². The third-order valence-corrected chi connectivity index (χ3v) is 3.58. The molecule has 136 valence electrons. The summed E-state index contributed by atoms with van der Waals surface area (Å²) in [6.07, 6.45) is 5.58. The van der Waals surface area contributed by atoms with Crippen molar-refractivity contribution >= 4 is 23.6 Å². The number of hydrogen-bond donors (Lipinski definition) is 1. The maximum Gasteiger partial charge on any atom is 0.355 e. The molecule has 1 aliphatic heterocycles. The summed E-state index contributed by atoms with van der Waals surface area (Å²) in [5.74, 6) is -4.24. The second kappa shape index (κ2) is 7.64. The van der Waals surface area contributed by atoms with Crippen LogP contribution in [0.2, 0.25) is 0 Å². The van der Waals surface area contributed by atoms with Gasteiger partial charge in [0.15, 0.2) is 0 Å². The molecule has 0 saturated heterocycles. The van der Waals surface area contributed by atoms with Crippen LogP contribution in [0, 0.1) is 12.7 Å². The Balaban J connectivity index is 2.84. The summed E-state index contributed by atoms with van der Waals surface area (Å²) in [7, 11) is 2.24. The highest BCUT2D eigenvalue weighted by molar-refractivity contribution is 6.07. The van der Waals surface area contributed by atoms with Crippen molar-refractivity contribution in [2.75, 3.05) is 19.1 Å². The molecule has 0 atom stereocenters. The molecule has 26 heavy (non-hydrogen) atoms. The van der Waals surface area contributed by atoms with E-state index in [1.54, 1.807) is 6.92 Å². The van der Waals surface area contributed by atoms with E-state index >= 15 is 0 Å². The summed E-state index contributed by atoms with van der Waals surface area (Å²) in [5, 5.41) is 9.41. The van der Waals surface area contributed by atoms with Gasteiger partial charge >= 0.3 is 17.9 Å². The first-order chi connectivity index (χ1) is 12.3. The molecule has 1 heterocycles. The van der Waals surface area contributed by atoms with Crippen molar-refractivity contribution in [1.29, 1.82) is 0 Å². The molecule has 7 nitrogen and oxygen atoms in total. The van der Waals surface area contributed by atoms with Gasteiger partial charge in [-0.1, -0.05) is 6.08 Å². The summed E-state index contributed by atoms with van der Waals surface area (Å²) in [4.78, 5) is 37.1. The highest BCUT2D eigenvalue weighted by Gasteiger charge is 2.31. The van der Waals surface area contributed by atoms with Crippen molar-refractivity contribution in [2.24, 2.45) is 0 Å². The van der Waals surface area contributed by atoms with E-state index < -0.39 is 29.3 Å². The fourth-order valence-corrected chi connectivity index (χ4v) is 2.48. The van der Waals surface area contributed by atoms with Crippen LogP contribution in [-0.4, -0.2) is 37.2 Å². The van der Waals surface area contributed by atoms with Gasteiger partial charge in [0, 0.05) is 6.20 Å². The Morgan fingerprint density at radius 3 is 2.31 bits per heavy atom. The van der Waals surface area contributed by atoms with E-state index in [0.29, 0.717) is 5.56 Å². The standard InChI is InChI=1S/C18H16FNO6/c1-10-8-12(19)14(16(21)22)13(9-10)20-7-5-4-6-11(17(23)25-2)15(20)18(24)26-3/h4-9H,1-3H3,(H,21,22). The van der Waals surface area contributed by atoms with Gasteiger partial charge in [-0.2, -0.15) is 0 Å². The van der Waals surface area contributed by atoms with E-state index in [9.17, 15) is 23.9 Å². The molecule has 8 heteroatoms. The molecule has 0 amide bonds. The van der Waals surface area contributed by atoms with E-state index in [1.165, 1.54) is 30.5 Å². The fraction of sp³-hybridized carbons (Fsp3) is 0.167. The van der Waals surface area contributed by atoms with Gasteiger partial charge in [-0.3, -0.25) is 0 Å². The number of rotatable bonds is 4. The number of carboxylic acid groups (broad SMARTS) is 1. The van der Waals surface area contributed by atoms with Crippen molar-refractivity contribution < 1.29 is 33.4 Å². The second-order valence-corrected chi connectivity index (χ2v) is 5.26. The molecule has 0 radical (unpaired) electrons. The van der Waals surface area contributed by atoms with Gasteiger partial charge < -0.3 is 19.5 Å². The lowest BCUT2D eigenvalue weighted by Crippen LogP contribution is -2.28. The van der Waals surface area contributed by atoms with Gasteiger partial charge in [0.25, 0.3) is 0 Å². The van der Waals surface area contributed by atoms with E-state index in [4.69, 9.17) is 4.74 Å². The summed E-state index contributed by atoms with van der Waals surface area (Å²) in [6, 6.07) is 2.45. The number of methoxy groups -OCH3 is 2. The number of aryl methyl sites for hydroxylation is 1. The number of halogens is 1. The Bertz CT molecular complexity index is 869. The van der Waals surface area contributed by atoms with Crippen LogP contribution in [-0.2, 0) is 19.1 Å². The number of nitrogens with zero attached hydrogens (tertiary/aromatic N) is 1. The van der Waals surface area contributed by atoms with Crippen molar-refractivity contribution in [2.45, 2.75) is 6.92 Å². The number of benzene rings is 1. The smallest absolute Gasteiger partial charge is 0.355 e. The average molecular weight is 361 g/mol. The van der Waals surface area contributed by atoms with Crippen LogP contribution in [0.25, 0.3) is 0 Å². The van der Waals surface area contributed by atoms with Crippen molar-refractivity contribution in [3.8, 4) is 0 Å². The number of allylic oxidation sites excluding steroid dienone is 2. The third kappa shape index (κ3) is 3.49. The van der Waals surface area contributed by atoms with Gasteiger partial charge in [-0.25, -0.2) is 18.8 Å². The maximum absolute atomic E-state index is 14.3. The number of carbonyl (C=O) groups excluding carboxylic acids is 2. The molecular weight excluding hydrogens is 345 g/mol. The number of aromatic carboxylic acids is 1. The summed E-state index contributed by atoms with van der Waals surface area (Å²) in [5.41, 5.74) is -0.805. The zero-order valence-corrected chi connectivity index (χ0v) is 14.3. The molecule has 0 aliphatic carbocycles. The molecule has 0 aromatic heterocycles. The van der Waals surface area contributed by atoms with Gasteiger partial charge in [-0.15, -0.1) is 0 Å². The van der Waals surface area contributed by atoms with Crippen LogP contribution in [0.4, 0.5) is 10.1 Å². The molecule has 0 spiro atoms. The van der Waals surface area contributed by atoms with E-state index in [2.05, 4.69) is 4.74 Å². The predicted molar refractivity (Wildman–Crippen MR) is 89.9 cm³/mol. The average Bonchev–Trinajstić information content (AvgIpc) is 2.81. The Morgan fingerprint density at radius 2 is 1.73 bits per heavy atom. The molecule has 0 saturated carbocycles. The number of esters is 2. The second-order valence-electron chi connectivity index (χ2n) is 5.26. The molecule has 1 aromatic carbocycles. The molecule has 0 unspecified atom stereocenters. The van der Waals surface area contributed by atoms with Gasteiger partial charge in [0.1, 0.15) is 17.1 Å². The first-order valence-electron chi connectivity index (χ1n) is 7.40. The first-order valence-corrected chi connectivity index (χ1v) is 7.40. The Labute approximate surface area is 148 Å². The normalized spacial score (nSPS) is 13.5. The van der Waals surface area contributed by atoms with E-state index in [-0.39, 0.29) is 17.0 Å². The van der Waals surface area contributed by atoms with Crippen LogP contribution in [0.15, 0.2) is 47.8 Å². The highest BCUT2D eigenvalue weighted by Crippen LogP contribution is 2.31. The number of carboxylic acids is 1. The molecule has 0 fully saturated rings. The van der Waals surface area contributed by atoms with Crippen LogP contribution >= 0.6 is 0 Å². The minimum absolute atomic E-state index is 0.128. The van der Waals surface area contributed by atoms with Crippen molar-refractivity contribution in [1.82, 2.24) is 0 Å². The number of ether oxygens (including phenoxy) is 2. The molecule has 0 bridgehead atoms. The summed E-state index contributed by atoms with van der Waals surface area (Å²) >= 11 is 0. The van der Waals surface area contributed by atoms with Crippen LogP contribution in [0.5, 0.6) is 0 Å². The Hall–Kier alpha value is -3.42. The lowest BCUT2D eigenvalue weighted by Gasteiger charge is -2.25. The Kier molecular flexibility index (Phi) is 5.56. The lowest BCUT2D eigenvalue weighted by atomic mass is 10.1. The number of hydrogen-bond acceptors (Lipinski definition) is 6. The summed E-state index contributed by atoms with van der Waals surface area (Å²) < 4.78 is 23.7. The monoisotopic (exact) mass is 361 g/mol. The van der Waals surface area contributed by atoms with Gasteiger partial charge in [-0.05, 0) is 36.8 Å². The van der Waals surface area contributed by atoms with Crippen LogP contribution in [0.3, 0.4) is 0 Å². The SMILES string of the molecule is COC(=O)C1=C(C(=O)OC)N(c2cc(C)cc(F)c2C(=O)O)C=CC=C1. The molecule has 1 aromatic rings. The molecule has 1 N–H and O–H groups in total. The maximum atomic E-state index is 14.3. The zero-order chi connectivity index (χ0) is 19.4. The quantitative estimate of drug-likeness (QED) is 0.823.